The fourth-order valence-electron chi connectivity index (χ4n) is 2.93. The molecule has 1 aliphatic carbocycles. The summed E-state index contributed by atoms with van der Waals surface area (Å²) in [5.74, 6) is 1.65. The van der Waals surface area contributed by atoms with Crippen molar-refractivity contribution in [3.63, 3.8) is 0 Å². The first-order valence-corrected chi connectivity index (χ1v) is 8.51. The Morgan fingerprint density at radius 2 is 1.90 bits per heavy atom. The topological polar surface area (TPSA) is 50.7 Å². The molecule has 0 atom stereocenters. The monoisotopic (exact) mass is 355 g/mol. The maximum absolute atomic E-state index is 9.54. The Kier molecular flexibility index (Phi) is 5.03. The number of aliphatic hydroxyl groups excluding tert-OH is 1. The molecule has 1 saturated carbocycles. The summed E-state index contributed by atoms with van der Waals surface area (Å²) >= 11 is 3.58. The van der Waals surface area contributed by atoms with E-state index >= 15 is 0 Å². The molecule has 3 rings (SSSR count). The summed E-state index contributed by atoms with van der Waals surface area (Å²) in [5, 5.41) is 13.1. The van der Waals surface area contributed by atoms with Crippen LogP contribution in [-0.2, 0) is 6.54 Å². The van der Waals surface area contributed by atoms with Crippen molar-refractivity contribution in [3.8, 4) is 11.5 Å². The molecular formula is C16H22BrNO3. The van der Waals surface area contributed by atoms with Crippen molar-refractivity contribution in [3.05, 3.63) is 22.2 Å². The second kappa shape index (κ2) is 6.99. The highest BCUT2D eigenvalue weighted by Crippen LogP contribution is 2.38. The molecule has 21 heavy (non-hydrogen) atoms. The average Bonchev–Trinajstić information content (AvgIpc) is 2.72. The van der Waals surface area contributed by atoms with E-state index in [1.165, 1.54) is 5.56 Å². The number of hydrogen-bond acceptors (Lipinski definition) is 4. The lowest BCUT2D eigenvalue weighted by Gasteiger charge is -2.26. The zero-order chi connectivity index (χ0) is 14.7. The van der Waals surface area contributed by atoms with Crippen molar-refractivity contribution < 1.29 is 14.6 Å². The van der Waals surface area contributed by atoms with E-state index in [9.17, 15) is 5.11 Å². The first-order valence-electron chi connectivity index (χ1n) is 7.72. The third-order valence-corrected chi connectivity index (χ3v) is 4.74. The van der Waals surface area contributed by atoms with E-state index in [-0.39, 0.29) is 6.10 Å². The molecule has 0 saturated heterocycles. The minimum absolute atomic E-state index is 0.102. The van der Waals surface area contributed by atoms with Crippen LogP contribution in [0.25, 0.3) is 0 Å². The van der Waals surface area contributed by atoms with Gasteiger partial charge in [-0.05, 0) is 59.3 Å². The van der Waals surface area contributed by atoms with Gasteiger partial charge in [0.15, 0.2) is 11.5 Å². The predicted molar refractivity (Wildman–Crippen MR) is 84.9 cm³/mol. The molecule has 0 spiro atoms. The summed E-state index contributed by atoms with van der Waals surface area (Å²) in [6, 6.07) is 4.66. The minimum Gasteiger partial charge on any atom is -0.490 e. The first kappa shape index (κ1) is 15.1. The van der Waals surface area contributed by atoms with E-state index in [2.05, 4.69) is 33.4 Å². The Bertz CT molecular complexity index is 487. The molecule has 1 aliphatic heterocycles. The molecule has 0 bridgehead atoms. The lowest BCUT2D eigenvalue weighted by atomic mass is 9.93. The van der Waals surface area contributed by atoms with Crippen LogP contribution in [0.5, 0.6) is 11.5 Å². The van der Waals surface area contributed by atoms with E-state index in [4.69, 9.17) is 9.47 Å². The van der Waals surface area contributed by atoms with Gasteiger partial charge in [-0.15, -0.1) is 0 Å². The van der Waals surface area contributed by atoms with Crippen LogP contribution in [0.3, 0.4) is 0 Å². The fourth-order valence-corrected chi connectivity index (χ4v) is 3.53. The van der Waals surface area contributed by atoms with E-state index in [0.717, 1.165) is 54.6 Å². The van der Waals surface area contributed by atoms with Gasteiger partial charge in [0, 0.05) is 19.0 Å². The number of fused-ring (bicyclic) bond motifs is 1. The lowest BCUT2D eigenvalue weighted by molar-refractivity contribution is 0.116. The maximum atomic E-state index is 9.54. The number of halogens is 1. The third-order valence-electron chi connectivity index (χ3n) is 4.15. The van der Waals surface area contributed by atoms with Gasteiger partial charge in [0.1, 0.15) is 0 Å². The van der Waals surface area contributed by atoms with Crippen LogP contribution in [0.15, 0.2) is 16.6 Å². The molecule has 2 aliphatic rings. The van der Waals surface area contributed by atoms with Crippen LogP contribution in [-0.4, -0.2) is 30.5 Å². The van der Waals surface area contributed by atoms with Crippen LogP contribution >= 0.6 is 15.9 Å². The molecule has 0 amide bonds. The van der Waals surface area contributed by atoms with Gasteiger partial charge < -0.3 is 19.9 Å². The van der Waals surface area contributed by atoms with E-state index in [1.54, 1.807) is 0 Å². The van der Waals surface area contributed by atoms with Crippen molar-refractivity contribution in [2.75, 3.05) is 13.2 Å². The van der Waals surface area contributed by atoms with Crippen LogP contribution in [0.2, 0.25) is 0 Å². The van der Waals surface area contributed by atoms with Crippen molar-refractivity contribution >= 4 is 15.9 Å². The Balaban J connectivity index is 1.63. The molecule has 1 heterocycles. The Morgan fingerprint density at radius 1 is 1.14 bits per heavy atom. The number of aliphatic hydroxyl groups is 1. The van der Waals surface area contributed by atoms with E-state index in [0.29, 0.717) is 19.3 Å². The highest BCUT2D eigenvalue weighted by molar-refractivity contribution is 9.10. The summed E-state index contributed by atoms with van der Waals surface area (Å²) in [5.41, 5.74) is 1.19. The molecule has 4 nitrogen and oxygen atoms in total. The second-order valence-corrected chi connectivity index (χ2v) is 6.70. The molecule has 0 aromatic heterocycles. The molecule has 2 N–H and O–H groups in total. The second-order valence-electron chi connectivity index (χ2n) is 5.84. The predicted octanol–water partition coefficient (Wildman–Crippen LogP) is 3.00. The minimum atomic E-state index is -0.102. The molecule has 1 fully saturated rings. The van der Waals surface area contributed by atoms with Crippen molar-refractivity contribution in [1.82, 2.24) is 5.32 Å². The van der Waals surface area contributed by atoms with Gasteiger partial charge in [-0.1, -0.05) is 0 Å². The summed E-state index contributed by atoms with van der Waals surface area (Å²) in [6.45, 7) is 2.22. The SMILES string of the molecule is OC1CCC(NCc2cc(Br)c3c(c2)OCCCO3)CC1. The van der Waals surface area contributed by atoms with Crippen LogP contribution in [0.1, 0.15) is 37.7 Å². The molecule has 0 radical (unpaired) electrons. The lowest BCUT2D eigenvalue weighted by Crippen LogP contribution is -2.34. The molecule has 5 heteroatoms. The summed E-state index contributed by atoms with van der Waals surface area (Å²) in [7, 11) is 0. The molecule has 1 aromatic rings. The standard InChI is InChI=1S/C16H22BrNO3/c17-14-8-11(9-15-16(14)21-7-1-6-20-15)10-18-12-2-4-13(19)5-3-12/h8-9,12-13,18-19H,1-7,10H2. The smallest absolute Gasteiger partial charge is 0.175 e. The first-order chi connectivity index (χ1) is 10.2. The number of rotatable bonds is 3. The van der Waals surface area contributed by atoms with Crippen LogP contribution < -0.4 is 14.8 Å². The number of nitrogens with one attached hydrogen (secondary N) is 1. The number of benzene rings is 1. The van der Waals surface area contributed by atoms with Gasteiger partial charge >= 0.3 is 0 Å². The Hall–Kier alpha value is -0.780. The quantitative estimate of drug-likeness (QED) is 0.874. The summed E-state index contributed by atoms with van der Waals surface area (Å²) in [4.78, 5) is 0. The van der Waals surface area contributed by atoms with E-state index in [1.807, 2.05) is 0 Å². The van der Waals surface area contributed by atoms with Gasteiger partial charge in [0.05, 0.1) is 23.8 Å². The normalized spacial score (nSPS) is 25.4. The van der Waals surface area contributed by atoms with Gasteiger partial charge in [-0.25, -0.2) is 0 Å². The van der Waals surface area contributed by atoms with E-state index < -0.39 is 0 Å². The van der Waals surface area contributed by atoms with Gasteiger partial charge in [-0.2, -0.15) is 0 Å². The molecule has 0 unspecified atom stereocenters. The van der Waals surface area contributed by atoms with Crippen molar-refractivity contribution in [2.24, 2.45) is 0 Å². The van der Waals surface area contributed by atoms with Gasteiger partial charge in [-0.3, -0.25) is 0 Å². The van der Waals surface area contributed by atoms with Crippen LogP contribution in [0, 0.1) is 0 Å². The molecule has 116 valence electrons. The van der Waals surface area contributed by atoms with Crippen molar-refractivity contribution in [2.45, 2.75) is 50.8 Å². The third kappa shape index (κ3) is 3.90. The maximum Gasteiger partial charge on any atom is 0.175 e. The van der Waals surface area contributed by atoms with Crippen LogP contribution in [0.4, 0.5) is 0 Å². The fraction of sp³-hybridized carbons (Fsp3) is 0.625. The number of ether oxygens (including phenoxy) is 2. The highest BCUT2D eigenvalue weighted by Gasteiger charge is 2.19. The summed E-state index contributed by atoms with van der Waals surface area (Å²) < 4.78 is 12.4. The Morgan fingerprint density at radius 3 is 2.71 bits per heavy atom. The highest BCUT2D eigenvalue weighted by atomic mass is 79.9. The number of hydrogen-bond donors (Lipinski definition) is 2. The Labute approximate surface area is 134 Å². The zero-order valence-electron chi connectivity index (χ0n) is 12.1. The zero-order valence-corrected chi connectivity index (χ0v) is 13.7. The van der Waals surface area contributed by atoms with Crippen molar-refractivity contribution in [1.29, 1.82) is 0 Å². The largest absolute Gasteiger partial charge is 0.490 e. The average molecular weight is 356 g/mol. The van der Waals surface area contributed by atoms with Gasteiger partial charge in [0.25, 0.3) is 0 Å². The molecule has 1 aromatic carbocycles. The summed E-state index contributed by atoms with van der Waals surface area (Å²) in [6.07, 6.45) is 4.72. The molecular weight excluding hydrogens is 334 g/mol. The van der Waals surface area contributed by atoms with Gasteiger partial charge in [0.2, 0.25) is 0 Å².